The Bertz CT molecular complexity index is 537. The summed E-state index contributed by atoms with van der Waals surface area (Å²) in [5, 5.41) is 13.7. The molecular weight excluding hydrogens is 269 g/mol. The number of rotatable bonds is 5. The first-order valence-corrected chi connectivity index (χ1v) is 6.10. The van der Waals surface area contributed by atoms with Gasteiger partial charge in [-0.2, -0.15) is 0 Å². The predicted octanol–water partition coefficient (Wildman–Crippen LogP) is 1.18. The number of anilines is 1. The Morgan fingerprint density at radius 2 is 2.30 bits per heavy atom. The smallest absolute Gasteiger partial charge is 0.295 e. The second-order valence-corrected chi connectivity index (χ2v) is 4.53. The highest BCUT2D eigenvalue weighted by Gasteiger charge is 2.29. The third-order valence-corrected chi connectivity index (χ3v) is 3.10. The fraction of sp³-hybridized carbons (Fsp3) is 0.417. The summed E-state index contributed by atoms with van der Waals surface area (Å²) < 4.78 is 18.4. The van der Waals surface area contributed by atoms with Crippen molar-refractivity contribution in [3.63, 3.8) is 0 Å². The molecule has 1 aromatic carbocycles. The van der Waals surface area contributed by atoms with Gasteiger partial charge < -0.3 is 15.8 Å². The number of benzene rings is 1. The molecule has 0 radical (unpaired) electrons. The average Bonchev–Trinajstić information content (AvgIpc) is 2.86. The van der Waals surface area contributed by atoms with E-state index in [0.717, 1.165) is 12.1 Å². The zero-order valence-corrected chi connectivity index (χ0v) is 10.5. The number of halogens is 1. The van der Waals surface area contributed by atoms with E-state index >= 15 is 0 Å². The number of nitro groups is 1. The second-order valence-electron chi connectivity index (χ2n) is 4.53. The molecule has 0 bridgehead atoms. The summed E-state index contributed by atoms with van der Waals surface area (Å²) in [6, 6.07) is 3.29. The number of nitrogens with two attached hydrogens (primary N) is 1. The van der Waals surface area contributed by atoms with Gasteiger partial charge in [-0.05, 0) is 25.0 Å². The van der Waals surface area contributed by atoms with Crippen molar-refractivity contribution in [2.24, 2.45) is 5.73 Å². The Kier molecular flexibility index (Phi) is 4.14. The van der Waals surface area contributed by atoms with Crippen LogP contribution in [0, 0.1) is 15.9 Å². The zero-order valence-electron chi connectivity index (χ0n) is 10.5. The molecule has 1 amide bonds. The molecule has 8 heteroatoms. The van der Waals surface area contributed by atoms with Gasteiger partial charge in [0.25, 0.3) is 5.69 Å². The van der Waals surface area contributed by atoms with Crippen molar-refractivity contribution in [3.8, 4) is 0 Å². The van der Waals surface area contributed by atoms with Crippen molar-refractivity contribution in [1.29, 1.82) is 0 Å². The van der Waals surface area contributed by atoms with Gasteiger partial charge in [0.15, 0.2) is 0 Å². The van der Waals surface area contributed by atoms with Gasteiger partial charge in [-0.15, -0.1) is 0 Å². The minimum Gasteiger partial charge on any atom is -0.377 e. The van der Waals surface area contributed by atoms with E-state index in [-0.39, 0.29) is 24.0 Å². The summed E-state index contributed by atoms with van der Waals surface area (Å²) in [6.45, 7) is 0.288. The molecule has 20 heavy (non-hydrogen) atoms. The van der Waals surface area contributed by atoms with Crippen LogP contribution in [0.1, 0.15) is 12.8 Å². The SMILES string of the molecule is NC(=O)C1CCC(CNc2ccc(F)cc2[N+](=O)[O-])O1. The topological polar surface area (TPSA) is 107 Å². The van der Waals surface area contributed by atoms with Crippen LogP contribution >= 0.6 is 0 Å². The fourth-order valence-corrected chi connectivity index (χ4v) is 2.09. The van der Waals surface area contributed by atoms with Crippen LogP contribution in [0.25, 0.3) is 0 Å². The van der Waals surface area contributed by atoms with Gasteiger partial charge in [-0.3, -0.25) is 14.9 Å². The number of carbonyl (C=O) groups excluding carboxylic acids is 1. The van der Waals surface area contributed by atoms with E-state index in [1.165, 1.54) is 6.07 Å². The van der Waals surface area contributed by atoms with Gasteiger partial charge in [0.05, 0.1) is 17.1 Å². The Labute approximate surface area is 114 Å². The summed E-state index contributed by atoms with van der Waals surface area (Å²) in [5.41, 5.74) is 5.00. The number of nitrogens with zero attached hydrogens (tertiary/aromatic N) is 1. The quantitative estimate of drug-likeness (QED) is 0.623. The van der Waals surface area contributed by atoms with Crippen molar-refractivity contribution >= 4 is 17.3 Å². The molecule has 108 valence electrons. The molecule has 1 saturated heterocycles. The van der Waals surface area contributed by atoms with Crippen LogP contribution in [0.15, 0.2) is 18.2 Å². The second kappa shape index (κ2) is 5.83. The summed E-state index contributed by atoms with van der Waals surface area (Å²) in [7, 11) is 0. The molecule has 2 atom stereocenters. The molecule has 1 fully saturated rings. The van der Waals surface area contributed by atoms with Gasteiger partial charge in [-0.25, -0.2) is 4.39 Å². The van der Waals surface area contributed by atoms with E-state index in [9.17, 15) is 19.3 Å². The van der Waals surface area contributed by atoms with E-state index in [4.69, 9.17) is 10.5 Å². The highest BCUT2D eigenvalue weighted by atomic mass is 19.1. The zero-order chi connectivity index (χ0) is 14.7. The first kappa shape index (κ1) is 14.2. The Hall–Kier alpha value is -2.22. The number of nitrogens with one attached hydrogen (secondary N) is 1. The molecule has 2 unspecified atom stereocenters. The minimum absolute atomic E-state index is 0.211. The minimum atomic E-state index is -0.673. The molecule has 0 spiro atoms. The lowest BCUT2D eigenvalue weighted by molar-refractivity contribution is -0.384. The number of amides is 1. The summed E-state index contributed by atoms with van der Waals surface area (Å²) in [6.07, 6.45) is 0.310. The fourth-order valence-electron chi connectivity index (χ4n) is 2.09. The summed E-state index contributed by atoms with van der Waals surface area (Å²) >= 11 is 0. The molecule has 1 aromatic rings. The van der Waals surface area contributed by atoms with E-state index in [1.54, 1.807) is 0 Å². The third-order valence-electron chi connectivity index (χ3n) is 3.10. The summed E-state index contributed by atoms with van der Waals surface area (Å²) in [4.78, 5) is 21.1. The predicted molar refractivity (Wildman–Crippen MR) is 68.6 cm³/mol. The van der Waals surface area contributed by atoms with Crippen molar-refractivity contribution in [2.45, 2.75) is 25.0 Å². The number of carbonyl (C=O) groups is 1. The van der Waals surface area contributed by atoms with Crippen LogP contribution in [-0.2, 0) is 9.53 Å². The van der Waals surface area contributed by atoms with Crippen molar-refractivity contribution in [2.75, 3.05) is 11.9 Å². The van der Waals surface area contributed by atoms with Gasteiger partial charge in [0.1, 0.15) is 17.6 Å². The molecule has 1 aliphatic heterocycles. The normalized spacial score (nSPS) is 21.6. The molecule has 2 rings (SSSR count). The van der Waals surface area contributed by atoms with Crippen molar-refractivity contribution in [3.05, 3.63) is 34.1 Å². The largest absolute Gasteiger partial charge is 0.377 e. The maximum atomic E-state index is 13.0. The first-order valence-electron chi connectivity index (χ1n) is 6.10. The molecule has 0 saturated carbocycles. The van der Waals surface area contributed by atoms with Crippen LogP contribution in [0.5, 0.6) is 0 Å². The molecule has 0 aliphatic carbocycles. The average molecular weight is 283 g/mol. The number of hydrogen-bond donors (Lipinski definition) is 2. The standard InChI is InChI=1S/C12H14FN3O4/c13-7-1-3-9(10(5-7)16(18)19)15-6-8-2-4-11(20-8)12(14)17/h1,3,5,8,11,15H,2,4,6H2,(H2,14,17). The molecular formula is C12H14FN3O4. The van der Waals surface area contributed by atoms with Crippen molar-refractivity contribution < 1.29 is 18.8 Å². The molecule has 1 heterocycles. The van der Waals surface area contributed by atoms with Crippen LogP contribution in [0.3, 0.4) is 0 Å². The highest BCUT2D eigenvalue weighted by Crippen LogP contribution is 2.26. The number of ether oxygens (including phenoxy) is 1. The maximum Gasteiger partial charge on any atom is 0.295 e. The number of primary amides is 1. The van der Waals surface area contributed by atoms with E-state index in [0.29, 0.717) is 12.8 Å². The lowest BCUT2D eigenvalue weighted by atomic mass is 10.2. The number of nitro benzene ring substituents is 1. The third kappa shape index (κ3) is 3.21. The van der Waals surface area contributed by atoms with Gasteiger partial charge >= 0.3 is 0 Å². The Balaban J connectivity index is 1.98. The Morgan fingerprint density at radius 1 is 1.55 bits per heavy atom. The first-order chi connectivity index (χ1) is 9.47. The van der Waals surface area contributed by atoms with Gasteiger partial charge in [0, 0.05) is 6.54 Å². The van der Waals surface area contributed by atoms with Crippen LogP contribution in [0.4, 0.5) is 15.8 Å². The van der Waals surface area contributed by atoms with E-state index < -0.39 is 22.8 Å². The van der Waals surface area contributed by atoms with Gasteiger partial charge in [-0.1, -0.05) is 0 Å². The van der Waals surface area contributed by atoms with Crippen molar-refractivity contribution in [1.82, 2.24) is 0 Å². The summed E-state index contributed by atoms with van der Waals surface area (Å²) in [5.74, 6) is -1.19. The van der Waals surface area contributed by atoms with Gasteiger partial charge in [0.2, 0.25) is 5.91 Å². The lowest BCUT2D eigenvalue weighted by Gasteiger charge is -2.13. The number of hydrogen-bond acceptors (Lipinski definition) is 5. The molecule has 3 N–H and O–H groups in total. The van der Waals surface area contributed by atoms with Crippen LogP contribution < -0.4 is 11.1 Å². The monoisotopic (exact) mass is 283 g/mol. The lowest BCUT2D eigenvalue weighted by Crippen LogP contribution is -2.30. The molecule has 1 aliphatic rings. The van der Waals surface area contributed by atoms with Crippen LogP contribution in [-0.4, -0.2) is 29.6 Å². The molecule has 0 aromatic heterocycles. The van der Waals surface area contributed by atoms with E-state index in [2.05, 4.69) is 5.32 Å². The highest BCUT2D eigenvalue weighted by molar-refractivity contribution is 5.79. The van der Waals surface area contributed by atoms with E-state index in [1.807, 2.05) is 0 Å². The maximum absolute atomic E-state index is 13.0. The molecule has 7 nitrogen and oxygen atoms in total. The van der Waals surface area contributed by atoms with Crippen LogP contribution in [0.2, 0.25) is 0 Å². The Morgan fingerprint density at radius 3 is 2.90 bits per heavy atom.